The van der Waals surface area contributed by atoms with Crippen LogP contribution in [0.25, 0.3) is 22.2 Å². The minimum Gasteiger partial charge on any atom is -0.358 e. The molecule has 1 aliphatic rings. The molecule has 0 unspecified atom stereocenters. The van der Waals surface area contributed by atoms with Crippen molar-refractivity contribution in [2.75, 3.05) is 32.7 Å². The van der Waals surface area contributed by atoms with E-state index in [1.165, 1.54) is 16.7 Å². The lowest BCUT2D eigenvalue weighted by atomic mass is 10.00. The van der Waals surface area contributed by atoms with Gasteiger partial charge in [-0.1, -0.05) is 80.6 Å². The number of para-hydroxylation sites is 2. The second-order valence-corrected chi connectivity index (χ2v) is 10.6. The highest BCUT2D eigenvalue weighted by Gasteiger charge is 2.26. The van der Waals surface area contributed by atoms with Gasteiger partial charge >= 0.3 is 5.69 Å². The Labute approximate surface area is 236 Å². The van der Waals surface area contributed by atoms with E-state index in [0.717, 1.165) is 61.7 Å². The maximum Gasteiger partial charge on any atom is 0.329 e. The molecule has 204 valence electrons. The third-order valence-corrected chi connectivity index (χ3v) is 8.45. The number of likely N-dealkylation sites (tertiary alicyclic amines) is 1. The van der Waals surface area contributed by atoms with E-state index < -0.39 is 0 Å². The van der Waals surface area contributed by atoms with Gasteiger partial charge in [0.2, 0.25) is 0 Å². The lowest BCUT2D eigenvalue weighted by Gasteiger charge is -2.34. The largest absolute Gasteiger partial charge is 0.358 e. The molecule has 0 spiro atoms. The van der Waals surface area contributed by atoms with Gasteiger partial charge in [-0.15, -0.1) is 0 Å². The van der Waals surface area contributed by atoms with Gasteiger partial charge in [-0.3, -0.25) is 9.13 Å². The minimum absolute atomic E-state index is 0.111. The van der Waals surface area contributed by atoms with Crippen LogP contribution in [0.2, 0.25) is 0 Å². The van der Waals surface area contributed by atoms with Crippen molar-refractivity contribution in [2.45, 2.75) is 45.8 Å². The number of likely N-dealkylation sites (N-methyl/N-ethyl adjacent to an activating group) is 1. The number of fused-ring (bicyclic) bond motifs is 1. The molecule has 0 saturated carbocycles. The first kappa shape index (κ1) is 27.2. The number of hydrogen-bond acceptors (Lipinski definition) is 3. The summed E-state index contributed by atoms with van der Waals surface area (Å²) in [5.74, 6) is 0. The summed E-state index contributed by atoms with van der Waals surface area (Å²) in [6, 6.07) is 27.4. The summed E-state index contributed by atoms with van der Waals surface area (Å²) < 4.78 is 4.01. The van der Waals surface area contributed by atoms with Crippen molar-refractivity contribution in [3.05, 3.63) is 94.9 Å². The van der Waals surface area contributed by atoms with Crippen molar-refractivity contribution >= 4 is 28.4 Å². The van der Waals surface area contributed by atoms with E-state index in [1.54, 1.807) is 0 Å². The van der Waals surface area contributed by atoms with Crippen molar-refractivity contribution in [1.29, 1.82) is 0 Å². The summed E-state index contributed by atoms with van der Waals surface area (Å²) in [5.41, 5.74) is 5.85. The third-order valence-electron chi connectivity index (χ3n) is 8.05. The molecule has 1 N–H and O–H groups in total. The van der Waals surface area contributed by atoms with Crippen LogP contribution in [-0.4, -0.2) is 56.8 Å². The monoisotopic (exact) mass is 541 g/mol. The van der Waals surface area contributed by atoms with Crippen molar-refractivity contribution < 1.29 is 0 Å². The average molecular weight is 542 g/mol. The van der Waals surface area contributed by atoms with E-state index in [-0.39, 0.29) is 11.7 Å². The number of aromatic nitrogens is 2. The first-order valence-electron chi connectivity index (χ1n) is 14.2. The van der Waals surface area contributed by atoms with Crippen LogP contribution in [0, 0.1) is 0 Å². The molecule has 1 aromatic heterocycles. The van der Waals surface area contributed by atoms with Gasteiger partial charge in [0.1, 0.15) is 0 Å². The first-order chi connectivity index (χ1) is 19.1. The smallest absolute Gasteiger partial charge is 0.329 e. The van der Waals surface area contributed by atoms with Crippen molar-refractivity contribution in [3.63, 3.8) is 0 Å². The van der Waals surface area contributed by atoms with Gasteiger partial charge in [-0.2, -0.15) is 0 Å². The van der Waals surface area contributed by atoms with Crippen molar-refractivity contribution in [3.8, 4) is 11.1 Å². The molecule has 0 aliphatic carbocycles. The lowest BCUT2D eigenvalue weighted by molar-refractivity contribution is 0.260. The van der Waals surface area contributed by atoms with Crippen LogP contribution < -0.4 is 11.0 Å². The fourth-order valence-corrected chi connectivity index (χ4v) is 6.02. The summed E-state index contributed by atoms with van der Waals surface area (Å²) in [6.07, 6.45) is 1.79. The lowest BCUT2D eigenvalue weighted by Crippen LogP contribution is -2.45. The predicted octanol–water partition coefficient (Wildman–Crippen LogP) is 5.52. The number of piperidine rings is 1. The van der Waals surface area contributed by atoms with E-state index in [2.05, 4.69) is 89.6 Å². The molecule has 1 fully saturated rings. The minimum atomic E-state index is 0.111. The number of benzene rings is 3. The van der Waals surface area contributed by atoms with E-state index in [9.17, 15) is 4.79 Å². The average Bonchev–Trinajstić information content (AvgIpc) is 3.28. The zero-order chi connectivity index (χ0) is 27.2. The second kappa shape index (κ2) is 12.6. The van der Waals surface area contributed by atoms with Crippen molar-refractivity contribution in [1.82, 2.24) is 24.3 Å². The maximum atomic E-state index is 13.7. The number of imidazole rings is 1. The van der Waals surface area contributed by atoms with Gasteiger partial charge in [0.25, 0.3) is 0 Å². The molecule has 4 aromatic rings. The number of nitrogens with zero attached hydrogens (tertiary/aromatic N) is 4. The third kappa shape index (κ3) is 5.94. The maximum absolute atomic E-state index is 13.7. The van der Waals surface area contributed by atoms with Crippen molar-refractivity contribution in [2.24, 2.45) is 0 Å². The Bertz CT molecular complexity index is 1450. The van der Waals surface area contributed by atoms with Crippen LogP contribution >= 0.6 is 12.2 Å². The molecule has 1 aliphatic heterocycles. The number of rotatable bonds is 9. The van der Waals surface area contributed by atoms with Crippen LogP contribution in [0.1, 0.15) is 38.3 Å². The summed E-state index contributed by atoms with van der Waals surface area (Å²) in [5, 5.41) is 4.28. The van der Waals surface area contributed by atoms with E-state index in [4.69, 9.17) is 12.2 Å². The van der Waals surface area contributed by atoms with Crippen LogP contribution in [0.4, 0.5) is 0 Å². The molecule has 1 saturated heterocycles. The molecular weight excluding hydrogens is 502 g/mol. The Morgan fingerprint density at radius 3 is 2.26 bits per heavy atom. The van der Waals surface area contributed by atoms with Gasteiger partial charge in [-0.25, -0.2) is 4.79 Å². The fraction of sp³-hybridized carbons (Fsp3) is 0.375. The SMILES string of the molecule is CCN(CC)CCn1c(=O)n(C2CCN(C(=S)NCc3ccccc3-c3ccccc3)CC2)c2ccccc21. The highest BCUT2D eigenvalue weighted by molar-refractivity contribution is 7.80. The molecule has 0 amide bonds. The zero-order valence-corrected chi connectivity index (χ0v) is 23.9. The molecule has 0 radical (unpaired) electrons. The Kier molecular flexibility index (Phi) is 8.79. The van der Waals surface area contributed by atoms with Gasteiger partial charge < -0.3 is 15.1 Å². The molecule has 39 heavy (non-hydrogen) atoms. The van der Waals surface area contributed by atoms with Gasteiger partial charge in [0.15, 0.2) is 5.11 Å². The Morgan fingerprint density at radius 1 is 0.897 bits per heavy atom. The first-order valence-corrected chi connectivity index (χ1v) is 14.6. The number of nitrogens with one attached hydrogen (secondary N) is 1. The van der Waals surface area contributed by atoms with Crippen LogP contribution in [-0.2, 0) is 13.1 Å². The Hall–Kier alpha value is -3.42. The summed E-state index contributed by atoms with van der Waals surface area (Å²) in [7, 11) is 0. The predicted molar refractivity (Wildman–Crippen MR) is 165 cm³/mol. The highest BCUT2D eigenvalue weighted by Crippen LogP contribution is 2.27. The van der Waals surface area contributed by atoms with Crippen LogP contribution in [0.3, 0.4) is 0 Å². The molecule has 3 aromatic carbocycles. The zero-order valence-electron chi connectivity index (χ0n) is 23.1. The molecule has 5 rings (SSSR count). The second-order valence-electron chi connectivity index (χ2n) is 10.2. The van der Waals surface area contributed by atoms with E-state index >= 15 is 0 Å². The van der Waals surface area contributed by atoms with E-state index in [1.807, 2.05) is 27.3 Å². The molecular formula is C32H39N5OS. The van der Waals surface area contributed by atoms with Gasteiger partial charge in [0, 0.05) is 38.8 Å². The highest BCUT2D eigenvalue weighted by atomic mass is 32.1. The fourth-order valence-electron chi connectivity index (χ4n) is 5.77. The van der Waals surface area contributed by atoms with Gasteiger partial charge in [-0.05, 0) is 67.0 Å². The number of thiocarbonyl (C=S) groups is 1. The summed E-state index contributed by atoms with van der Waals surface area (Å²) in [4.78, 5) is 18.3. The topological polar surface area (TPSA) is 45.4 Å². The van der Waals surface area contributed by atoms with Crippen LogP contribution in [0.5, 0.6) is 0 Å². The molecule has 7 heteroatoms. The van der Waals surface area contributed by atoms with Crippen LogP contribution in [0.15, 0.2) is 83.7 Å². The Balaban J connectivity index is 1.24. The Morgan fingerprint density at radius 2 is 1.54 bits per heavy atom. The quantitative estimate of drug-likeness (QED) is 0.283. The molecule has 2 heterocycles. The molecule has 0 atom stereocenters. The molecule has 0 bridgehead atoms. The van der Waals surface area contributed by atoms with E-state index in [0.29, 0.717) is 13.1 Å². The normalized spacial score (nSPS) is 14.3. The number of hydrogen-bond donors (Lipinski definition) is 1. The van der Waals surface area contributed by atoms with Gasteiger partial charge in [0.05, 0.1) is 11.0 Å². The summed E-state index contributed by atoms with van der Waals surface area (Å²) >= 11 is 5.81. The molecule has 6 nitrogen and oxygen atoms in total. The summed E-state index contributed by atoms with van der Waals surface area (Å²) in [6.45, 7) is 10.3. The standard InChI is InChI=1S/C32H39N5OS/c1-3-34(4-2)22-23-36-29-16-10-11-17-30(29)37(32(36)38)27-18-20-35(21-19-27)31(39)33-24-26-14-8-9-15-28(26)25-12-6-5-7-13-25/h5-17,27H,3-4,18-24H2,1-2H3,(H,33,39).